The minimum atomic E-state index is -0.527. The molecule has 9 heteroatoms. The smallest absolute Gasteiger partial charge is 0.271 e. The van der Waals surface area contributed by atoms with Crippen molar-refractivity contribution >= 4 is 28.0 Å². The van der Waals surface area contributed by atoms with Gasteiger partial charge in [-0.3, -0.25) is 19.1 Å². The Morgan fingerprint density at radius 1 is 1.50 bits per heavy atom. The van der Waals surface area contributed by atoms with Gasteiger partial charge in [-0.25, -0.2) is 4.98 Å². The molecule has 3 aromatic heterocycles. The molecule has 0 aliphatic heterocycles. The first-order chi connectivity index (χ1) is 10.5. The molecule has 0 saturated heterocycles. The molecule has 2 N–H and O–H groups in total. The molecule has 1 amide bonds. The summed E-state index contributed by atoms with van der Waals surface area (Å²) in [5.74, 6) is -0.155. The number of anilines is 1. The van der Waals surface area contributed by atoms with Gasteiger partial charge in [0.05, 0.1) is 5.69 Å². The molecule has 0 unspecified atom stereocenters. The average Bonchev–Trinajstić information content (AvgIpc) is 3.08. The number of amides is 1. The molecule has 3 rings (SSSR count). The summed E-state index contributed by atoms with van der Waals surface area (Å²) in [4.78, 5) is 31.0. The van der Waals surface area contributed by atoms with Crippen LogP contribution < -0.4 is 10.9 Å². The van der Waals surface area contributed by atoms with Gasteiger partial charge in [0.25, 0.3) is 11.5 Å². The third-order valence-electron chi connectivity index (χ3n) is 2.95. The van der Waals surface area contributed by atoms with Crippen molar-refractivity contribution < 1.29 is 4.79 Å². The Morgan fingerprint density at radius 2 is 2.32 bits per heavy atom. The Labute approximate surface area is 129 Å². The van der Waals surface area contributed by atoms with Gasteiger partial charge < -0.3 is 10.2 Å². The standard InChI is InChI=1S/C13H14N6O2S/c1-18(2)7-8-5-10(17-16-8)15-11(20)9-6-14-13-19(12(9)21)3-4-22-13/h3-6H,7H2,1-2H3,(H2,15,16,17,20). The lowest BCUT2D eigenvalue weighted by Gasteiger charge is -2.05. The molecular weight excluding hydrogens is 304 g/mol. The first-order valence-corrected chi connectivity index (χ1v) is 7.38. The molecule has 22 heavy (non-hydrogen) atoms. The predicted octanol–water partition coefficient (Wildman–Crippen LogP) is 0.793. The first kappa shape index (κ1) is 14.4. The zero-order chi connectivity index (χ0) is 15.7. The third-order valence-corrected chi connectivity index (χ3v) is 3.72. The lowest BCUT2D eigenvalue weighted by atomic mass is 10.3. The van der Waals surface area contributed by atoms with E-state index in [1.165, 1.54) is 21.9 Å². The van der Waals surface area contributed by atoms with E-state index in [0.29, 0.717) is 17.3 Å². The van der Waals surface area contributed by atoms with E-state index in [1.54, 1.807) is 17.6 Å². The van der Waals surface area contributed by atoms with E-state index in [-0.39, 0.29) is 5.56 Å². The molecule has 0 fully saturated rings. The van der Waals surface area contributed by atoms with E-state index < -0.39 is 11.5 Å². The number of thiazole rings is 1. The molecule has 0 spiro atoms. The van der Waals surface area contributed by atoms with E-state index in [1.807, 2.05) is 19.0 Å². The number of nitrogens with zero attached hydrogens (tertiary/aromatic N) is 4. The molecule has 0 radical (unpaired) electrons. The van der Waals surface area contributed by atoms with Gasteiger partial charge in [0.15, 0.2) is 10.8 Å². The maximum absolute atomic E-state index is 12.2. The molecule has 8 nitrogen and oxygen atoms in total. The van der Waals surface area contributed by atoms with Crippen LogP contribution in [0.25, 0.3) is 4.96 Å². The number of hydrogen-bond acceptors (Lipinski definition) is 6. The van der Waals surface area contributed by atoms with Gasteiger partial charge >= 0.3 is 0 Å². The molecule has 0 aromatic carbocycles. The molecular formula is C13H14N6O2S. The Kier molecular flexibility index (Phi) is 3.73. The number of fused-ring (bicyclic) bond motifs is 1. The fraction of sp³-hybridized carbons (Fsp3) is 0.231. The van der Waals surface area contributed by atoms with Crippen molar-refractivity contribution in [3.8, 4) is 0 Å². The van der Waals surface area contributed by atoms with Crippen LogP contribution in [0.3, 0.4) is 0 Å². The lowest BCUT2D eigenvalue weighted by Crippen LogP contribution is -2.25. The van der Waals surface area contributed by atoms with Crippen molar-refractivity contribution in [1.82, 2.24) is 24.5 Å². The van der Waals surface area contributed by atoms with Crippen molar-refractivity contribution in [3.05, 3.63) is 45.5 Å². The van der Waals surface area contributed by atoms with Crippen LogP contribution in [-0.4, -0.2) is 44.5 Å². The van der Waals surface area contributed by atoms with Gasteiger partial charge in [-0.15, -0.1) is 11.3 Å². The number of hydrogen-bond donors (Lipinski definition) is 2. The minimum absolute atomic E-state index is 0.0203. The quantitative estimate of drug-likeness (QED) is 0.741. The van der Waals surface area contributed by atoms with Crippen LogP contribution >= 0.6 is 11.3 Å². The minimum Gasteiger partial charge on any atom is -0.305 e. The molecule has 114 valence electrons. The molecule has 0 atom stereocenters. The fourth-order valence-electron chi connectivity index (χ4n) is 2.01. The Bertz CT molecular complexity index is 878. The van der Waals surface area contributed by atoms with Crippen LogP contribution in [0.15, 0.2) is 28.6 Å². The van der Waals surface area contributed by atoms with Crippen LogP contribution in [0.4, 0.5) is 5.82 Å². The second-order valence-electron chi connectivity index (χ2n) is 5.00. The second-order valence-corrected chi connectivity index (χ2v) is 5.88. The summed E-state index contributed by atoms with van der Waals surface area (Å²) in [6, 6.07) is 1.73. The van der Waals surface area contributed by atoms with Gasteiger partial charge in [-0.05, 0) is 14.1 Å². The highest BCUT2D eigenvalue weighted by molar-refractivity contribution is 7.15. The Morgan fingerprint density at radius 3 is 3.09 bits per heavy atom. The number of carbonyl (C=O) groups excluding carboxylic acids is 1. The van der Waals surface area contributed by atoms with Gasteiger partial charge in [0, 0.05) is 30.4 Å². The lowest BCUT2D eigenvalue weighted by molar-refractivity contribution is 0.102. The summed E-state index contributed by atoms with van der Waals surface area (Å²) in [6.07, 6.45) is 2.88. The number of aromatic amines is 1. The largest absolute Gasteiger partial charge is 0.305 e. The fourth-order valence-corrected chi connectivity index (χ4v) is 2.69. The van der Waals surface area contributed by atoms with Gasteiger partial charge in [0.1, 0.15) is 5.56 Å². The van der Waals surface area contributed by atoms with E-state index in [9.17, 15) is 9.59 Å². The zero-order valence-electron chi connectivity index (χ0n) is 12.0. The van der Waals surface area contributed by atoms with Crippen molar-refractivity contribution in [2.45, 2.75) is 6.54 Å². The molecule has 0 saturated carbocycles. The normalized spacial score (nSPS) is 11.2. The maximum atomic E-state index is 12.2. The maximum Gasteiger partial charge on any atom is 0.271 e. The van der Waals surface area contributed by atoms with Crippen molar-refractivity contribution in [3.63, 3.8) is 0 Å². The highest BCUT2D eigenvalue weighted by Gasteiger charge is 2.15. The summed E-state index contributed by atoms with van der Waals surface area (Å²) in [6.45, 7) is 0.675. The summed E-state index contributed by atoms with van der Waals surface area (Å²) in [5, 5.41) is 11.2. The van der Waals surface area contributed by atoms with Crippen LogP contribution in [0.2, 0.25) is 0 Å². The van der Waals surface area contributed by atoms with Crippen LogP contribution in [0.5, 0.6) is 0 Å². The molecule has 3 aromatic rings. The van der Waals surface area contributed by atoms with E-state index >= 15 is 0 Å². The molecule has 3 heterocycles. The molecule has 0 aliphatic rings. The van der Waals surface area contributed by atoms with Crippen LogP contribution in [0, 0.1) is 0 Å². The van der Waals surface area contributed by atoms with E-state index in [4.69, 9.17) is 0 Å². The van der Waals surface area contributed by atoms with Crippen LogP contribution in [0.1, 0.15) is 16.1 Å². The van der Waals surface area contributed by atoms with E-state index in [0.717, 1.165) is 5.69 Å². The number of carbonyl (C=O) groups is 1. The molecule has 0 bridgehead atoms. The third kappa shape index (κ3) is 2.76. The summed E-state index contributed by atoms with van der Waals surface area (Å²) in [7, 11) is 3.86. The number of nitrogens with one attached hydrogen (secondary N) is 2. The van der Waals surface area contributed by atoms with Crippen LogP contribution in [-0.2, 0) is 6.54 Å². The van der Waals surface area contributed by atoms with Crippen molar-refractivity contribution in [2.24, 2.45) is 0 Å². The Hall–Kier alpha value is -2.52. The average molecular weight is 318 g/mol. The SMILES string of the molecule is CN(C)Cc1cc(NC(=O)c2cnc3sccn3c2=O)n[nH]1. The number of rotatable bonds is 4. The first-order valence-electron chi connectivity index (χ1n) is 6.50. The van der Waals surface area contributed by atoms with Gasteiger partial charge in [-0.1, -0.05) is 0 Å². The van der Waals surface area contributed by atoms with E-state index in [2.05, 4.69) is 20.5 Å². The predicted molar refractivity (Wildman–Crippen MR) is 83.3 cm³/mol. The van der Waals surface area contributed by atoms with Gasteiger partial charge in [0.2, 0.25) is 0 Å². The molecule has 0 aliphatic carbocycles. The Balaban J connectivity index is 1.82. The highest BCUT2D eigenvalue weighted by atomic mass is 32.1. The van der Waals surface area contributed by atoms with Crippen molar-refractivity contribution in [1.29, 1.82) is 0 Å². The monoisotopic (exact) mass is 318 g/mol. The number of H-pyrrole nitrogens is 1. The van der Waals surface area contributed by atoms with Gasteiger partial charge in [-0.2, -0.15) is 5.10 Å². The number of aromatic nitrogens is 4. The topological polar surface area (TPSA) is 95.4 Å². The summed E-state index contributed by atoms with van der Waals surface area (Å²) >= 11 is 1.33. The second kappa shape index (κ2) is 5.70. The van der Waals surface area contributed by atoms with Crippen molar-refractivity contribution in [2.75, 3.05) is 19.4 Å². The summed E-state index contributed by atoms with van der Waals surface area (Å²) in [5.41, 5.74) is 0.448. The zero-order valence-corrected chi connectivity index (χ0v) is 12.8. The highest BCUT2D eigenvalue weighted by Crippen LogP contribution is 2.09. The summed E-state index contributed by atoms with van der Waals surface area (Å²) < 4.78 is 1.35.